The Labute approximate surface area is 168 Å². The van der Waals surface area contributed by atoms with Gasteiger partial charge in [0, 0.05) is 53.1 Å². The third-order valence-corrected chi connectivity index (χ3v) is 4.24. The van der Waals surface area contributed by atoms with Crippen molar-refractivity contribution in [3.63, 3.8) is 0 Å². The highest BCUT2D eigenvalue weighted by molar-refractivity contribution is 14.0. The van der Waals surface area contributed by atoms with E-state index >= 15 is 0 Å². The topological polar surface area (TPSA) is 61.8 Å². The van der Waals surface area contributed by atoms with Crippen LogP contribution in [0.15, 0.2) is 23.3 Å². The Morgan fingerprint density at radius 2 is 1.96 bits per heavy atom. The highest BCUT2D eigenvalue weighted by Gasteiger charge is 2.10. The van der Waals surface area contributed by atoms with Crippen molar-refractivity contribution in [3.8, 4) is 0 Å². The molecule has 7 heteroatoms. The predicted octanol–water partition coefficient (Wildman–Crippen LogP) is 2.78. The van der Waals surface area contributed by atoms with Gasteiger partial charge in [0.15, 0.2) is 5.96 Å². The fraction of sp³-hybridized carbons (Fsp3) is 0.667. The van der Waals surface area contributed by atoms with Crippen molar-refractivity contribution in [1.29, 1.82) is 0 Å². The highest BCUT2D eigenvalue weighted by atomic mass is 127. The van der Waals surface area contributed by atoms with E-state index in [2.05, 4.69) is 37.6 Å². The Kier molecular flexibility index (Phi) is 11.6. The van der Waals surface area contributed by atoms with Gasteiger partial charge in [-0.25, -0.2) is 4.98 Å². The van der Waals surface area contributed by atoms with Crippen molar-refractivity contribution >= 4 is 35.8 Å². The van der Waals surface area contributed by atoms with E-state index in [1.165, 1.54) is 25.7 Å². The van der Waals surface area contributed by atoms with Crippen LogP contribution in [0.2, 0.25) is 0 Å². The van der Waals surface area contributed by atoms with Crippen LogP contribution in [0.3, 0.4) is 0 Å². The minimum absolute atomic E-state index is 0. The molecule has 6 nitrogen and oxygen atoms in total. The number of hydrogen-bond donors (Lipinski definition) is 2. The number of anilines is 1. The van der Waals surface area contributed by atoms with Crippen molar-refractivity contribution in [1.82, 2.24) is 15.6 Å². The van der Waals surface area contributed by atoms with E-state index in [0.717, 1.165) is 56.5 Å². The van der Waals surface area contributed by atoms with E-state index < -0.39 is 0 Å². The van der Waals surface area contributed by atoms with Crippen molar-refractivity contribution in [2.45, 2.75) is 38.6 Å². The molecular formula is C18H32IN5O. The maximum Gasteiger partial charge on any atom is 0.191 e. The van der Waals surface area contributed by atoms with E-state index in [0.29, 0.717) is 0 Å². The summed E-state index contributed by atoms with van der Waals surface area (Å²) in [4.78, 5) is 11.3. The Hall–Kier alpha value is -1.09. The van der Waals surface area contributed by atoms with Crippen LogP contribution in [0.5, 0.6) is 0 Å². The summed E-state index contributed by atoms with van der Waals surface area (Å²) in [5, 5.41) is 6.59. The average molecular weight is 461 g/mol. The lowest BCUT2D eigenvalue weighted by Gasteiger charge is -2.21. The Bertz CT molecular complexity index is 487. The molecule has 0 atom stereocenters. The van der Waals surface area contributed by atoms with Gasteiger partial charge in [0.1, 0.15) is 5.82 Å². The van der Waals surface area contributed by atoms with E-state index in [1.807, 2.05) is 6.20 Å². The van der Waals surface area contributed by atoms with Crippen molar-refractivity contribution in [3.05, 3.63) is 23.9 Å². The second-order valence-corrected chi connectivity index (χ2v) is 6.12. The molecule has 0 aromatic carbocycles. The summed E-state index contributed by atoms with van der Waals surface area (Å²) >= 11 is 0. The van der Waals surface area contributed by atoms with Gasteiger partial charge in [0.25, 0.3) is 0 Å². The molecule has 1 saturated heterocycles. The molecule has 0 amide bonds. The number of rotatable bonds is 7. The first-order valence-electron chi connectivity index (χ1n) is 8.97. The summed E-state index contributed by atoms with van der Waals surface area (Å²) in [7, 11) is 3.50. The molecule has 0 unspecified atom stereocenters. The lowest BCUT2D eigenvalue weighted by Crippen LogP contribution is -2.37. The molecule has 25 heavy (non-hydrogen) atoms. The van der Waals surface area contributed by atoms with Crippen LogP contribution in [0.4, 0.5) is 5.82 Å². The monoisotopic (exact) mass is 461 g/mol. The summed E-state index contributed by atoms with van der Waals surface area (Å²) in [6, 6.07) is 4.29. The third kappa shape index (κ3) is 8.22. The molecule has 0 radical (unpaired) electrons. The summed E-state index contributed by atoms with van der Waals surface area (Å²) in [6.07, 6.45) is 8.16. The van der Waals surface area contributed by atoms with E-state index in [9.17, 15) is 0 Å². The fourth-order valence-electron chi connectivity index (χ4n) is 2.84. The zero-order chi connectivity index (χ0) is 17.0. The SMILES string of the molecule is CN=C(NCCCOC)NCc1ccc(N2CCCCCC2)nc1.I. The molecule has 1 fully saturated rings. The van der Waals surface area contributed by atoms with Gasteiger partial charge < -0.3 is 20.3 Å². The zero-order valence-electron chi connectivity index (χ0n) is 15.5. The van der Waals surface area contributed by atoms with Crippen LogP contribution in [0.25, 0.3) is 0 Å². The van der Waals surface area contributed by atoms with Crippen LogP contribution in [0.1, 0.15) is 37.7 Å². The third-order valence-electron chi connectivity index (χ3n) is 4.24. The van der Waals surface area contributed by atoms with Crippen molar-refractivity contribution < 1.29 is 4.74 Å². The number of guanidine groups is 1. The van der Waals surface area contributed by atoms with Gasteiger partial charge in [-0.1, -0.05) is 18.9 Å². The highest BCUT2D eigenvalue weighted by Crippen LogP contribution is 2.17. The maximum absolute atomic E-state index is 5.04. The molecule has 0 saturated carbocycles. The molecule has 142 valence electrons. The molecule has 0 bridgehead atoms. The smallest absolute Gasteiger partial charge is 0.191 e. The van der Waals surface area contributed by atoms with Gasteiger partial charge in [-0.15, -0.1) is 24.0 Å². The molecule has 2 heterocycles. The number of nitrogens with zero attached hydrogens (tertiary/aromatic N) is 3. The lowest BCUT2D eigenvalue weighted by atomic mass is 10.2. The van der Waals surface area contributed by atoms with Crippen molar-refractivity contribution in [2.75, 3.05) is 45.3 Å². The molecule has 1 aromatic heterocycles. The van der Waals surface area contributed by atoms with E-state index in [1.54, 1.807) is 14.2 Å². The number of ether oxygens (including phenoxy) is 1. The van der Waals surface area contributed by atoms with Crippen LogP contribution in [-0.2, 0) is 11.3 Å². The largest absolute Gasteiger partial charge is 0.385 e. The summed E-state index contributed by atoms with van der Waals surface area (Å²) in [5.41, 5.74) is 1.16. The minimum Gasteiger partial charge on any atom is -0.385 e. The summed E-state index contributed by atoms with van der Waals surface area (Å²) in [5.74, 6) is 1.91. The van der Waals surface area contributed by atoms with Crippen LogP contribution in [0, 0.1) is 0 Å². The van der Waals surface area contributed by atoms with E-state index in [-0.39, 0.29) is 24.0 Å². The van der Waals surface area contributed by atoms with Gasteiger partial charge in [-0.05, 0) is 30.9 Å². The van der Waals surface area contributed by atoms with E-state index in [4.69, 9.17) is 4.74 Å². The Morgan fingerprint density at radius 3 is 2.56 bits per heavy atom. The summed E-state index contributed by atoms with van der Waals surface area (Å²) in [6.45, 7) is 4.58. The molecule has 2 rings (SSSR count). The number of hydrogen-bond acceptors (Lipinski definition) is 4. The van der Waals surface area contributed by atoms with Crippen LogP contribution < -0.4 is 15.5 Å². The first-order chi connectivity index (χ1) is 11.8. The quantitative estimate of drug-likeness (QED) is 0.283. The molecule has 0 spiro atoms. The van der Waals surface area contributed by atoms with Gasteiger partial charge in [0.2, 0.25) is 0 Å². The molecule has 2 N–H and O–H groups in total. The minimum atomic E-state index is 0. The summed E-state index contributed by atoms with van der Waals surface area (Å²) < 4.78 is 5.04. The number of nitrogens with one attached hydrogen (secondary N) is 2. The first kappa shape index (κ1) is 22.0. The molecule has 1 aliphatic heterocycles. The standard InChI is InChI=1S/C18H31N5O.HI/c1-19-18(20-10-7-13-24-2)22-15-16-8-9-17(21-14-16)23-11-5-3-4-6-12-23;/h8-9,14H,3-7,10-13,15H2,1-2H3,(H2,19,20,22);1H. The van der Waals surface area contributed by atoms with Gasteiger partial charge in [-0.2, -0.15) is 0 Å². The zero-order valence-corrected chi connectivity index (χ0v) is 17.8. The maximum atomic E-state index is 5.04. The van der Waals surface area contributed by atoms with Crippen molar-refractivity contribution in [2.24, 2.45) is 4.99 Å². The lowest BCUT2D eigenvalue weighted by molar-refractivity contribution is 0.195. The molecule has 0 aliphatic carbocycles. The molecular weight excluding hydrogens is 429 g/mol. The van der Waals surface area contributed by atoms with Gasteiger partial charge >= 0.3 is 0 Å². The molecule has 1 aliphatic rings. The van der Waals surface area contributed by atoms with Crippen LogP contribution in [-0.4, -0.2) is 51.3 Å². The fourth-order valence-corrected chi connectivity index (χ4v) is 2.84. The second-order valence-electron chi connectivity index (χ2n) is 6.12. The normalized spacial score (nSPS) is 15.3. The Balaban J connectivity index is 0.00000312. The number of pyridine rings is 1. The number of methoxy groups -OCH3 is 1. The number of aliphatic imine (C=N–C) groups is 1. The molecule has 1 aromatic rings. The van der Waals surface area contributed by atoms with Gasteiger partial charge in [-0.3, -0.25) is 4.99 Å². The predicted molar refractivity (Wildman–Crippen MR) is 115 cm³/mol. The van der Waals surface area contributed by atoms with Crippen LogP contribution >= 0.6 is 24.0 Å². The van der Waals surface area contributed by atoms with Gasteiger partial charge in [0.05, 0.1) is 0 Å². The number of aromatic nitrogens is 1. The Morgan fingerprint density at radius 1 is 1.20 bits per heavy atom. The second kappa shape index (κ2) is 13.2. The average Bonchev–Trinajstić information content (AvgIpc) is 2.91. The number of halogens is 1. The first-order valence-corrected chi connectivity index (χ1v) is 8.97.